The zero-order valence-electron chi connectivity index (χ0n) is 23.7. The van der Waals surface area contributed by atoms with E-state index in [2.05, 4.69) is 121 Å². The molecule has 0 unspecified atom stereocenters. The number of furan rings is 2. The Kier molecular flexibility index (Phi) is 4.75. The van der Waals surface area contributed by atoms with Gasteiger partial charge in [-0.3, -0.25) is 0 Å². The van der Waals surface area contributed by atoms with E-state index in [0.29, 0.717) is 0 Å². The molecule has 0 spiro atoms. The molecule has 0 fully saturated rings. The lowest BCUT2D eigenvalue weighted by molar-refractivity contribution is 0.669. The molecule has 2 heteroatoms. The molecule has 0 radical (unpaired) electrons. The van der Waals surface area contributed by atoms with Crippen LogP contribution in [0.15, 0.2) is 154 Å². The van der Waals surface area contributed by atoms with Crippen molar-refractivity contribution in [3.05, 3.63) is 146 Å². The van der Waals surface area contributed by atoms with Gasteiger partial charge in [-0.25, -0.2) is 0 Å². The van der Waals surface area contributed by atoms with Gasteiger partial charge in [0, 0.05) is 32.7 Å². The molecule has 44 heavy (non-hydrogen) atoms. The van der Waals surface area contributed by atoms with E-state index in [0.717, 1.165) is 66.1 Å². The Bertz CT molecular complexity index is 2560. The van der Waals surface area contributed by atoms with Crippen LogP contribution in [0.3, 0.4) is 0 Å². The number of hydrogen-bond acceptors (Lipinski definition) is 2. The molecular weight excluding hydrogens is 536 g/mol. The molecule has 0 saturated carbocycles. The lowest BCUT2D eigenvalue weighted by Gasteiger charge is -2.14. The quantitative estimate of drug-likeness (QED) is 0.197. The molecule has 8 aromatic carbocycles. The summed E-state index contributed by atoms with van der Waals surface area (Å²) >= 11 is 0. The van der Waals surface area contributed by atoms with Gasteiger partial charge in [-0.05, 0) is 67.7 Å². The summed E-state index contributed by atoms with van der Waals surface area (Å²) in [6.07, 6.45) is 0. The standard InChI is InChI=1S/C42H24O2/c1-2-10-30-29(9-1)37-23-25(27-13-7-15-35-33-11-3-5-17-39(33)43-41(27)35)19-21-31(37)32-22-20-26(24-38(30)32)28-14-8-16-36-34-12-4-6-18-40(34)44-42(28)36/h1-24H. The Labute approximate surface area is 252 Å². The molecule has 0 saturated heterocycles. The van der Waals surface area contributed by atoms with Gasteiger partial charge in [0.05, 0.1) is 0 Å². The Morgan fingerprint density at radius 1 is 0.273 bits per heavy atom. The van der Waals surface area contributed by atoms with Gasteiger partial charge in [0.15, 0.2) is 0 Å². The minimum Gasteiger partial charge on any atom is -0.455 e. The lowest BCUT2D eigenvalue weighted by atomic mass is 9.90. The predicted molar refractivity (Wildman–Crippen MR) is 184 cm³/mol. The summed E-state index contributed by atoms with van der Waals surface area (Å²) in [5.74, 6) is 0. The maximum absolute atomic E-state index is 6.41. The summed E-state index contributed by atoms with van der Waals surface area (Å²) < 4.78 is 12.8. The third-order valence-corrected chi connectivity index (χ3v) is 9.27. The lowest BCUT2D eigenvalue weighted by Crippen LogP contribution is -1.87. The van der Waals surface area contributed by atoms with Crippen LogP contribution in [0.1, 0.15) is 0 Å². The second-order valence-electron chi connectivity index (χ2n) is 11.6. The molecule has 0 aliphatic carbocycles. The Hall–Kier alpha value is -5.86. The fraction of sp³-hybridized carbons (Fsp3) is 0. The highest BCUT2D eigenvalue weighted by atomic mass is 16.3. The van der Waals surface area contributed by atoms with Crippen molar-refractivity contribution in [2.45, 2.75) is 0 Å². The van der Waals surface area contributed by atoms with Gasteiger partial charge in [-0.2, -0.15) is 0 Å². The summed E-state index contributed by atoms with van der Waals surface area (Å²) in [7, 11) is 0. The van der Waals surface area contributed by atoms with E-state index in [-0.39, 0.29) is 0 Å². The van der Waals surface area contributed by atoms with Crippen LogP contribution in [-0.4, -0.2) is 0 Å². The number of hydrogen-bond donors (Lipinski definition) is 0. The highest BCUT2D eigenvalue weighted by Crippen LogP contribution is 2.42. The molecule has 0 N–H and O–H groups in total. The monoisotopic (exact) mass is 560 g/mol. The summed E-state index contributed by atoms with van der Waals surface area (Å²) in [5.41, 5.74) is 8.23. The molecule has 10 rings (SSSR count). The molecule has 0 aliphatic heterocycles. The third-order valence-electron chi connectivity index (χ3n) is 9.27. The van der Waals surface area contributed by atoms with E-state index in [1.54, 1.807) is 0 Å². The van der Waals surface area contributed by atoms with Gasteiger partial charge < -0.3 is 8.83 Å². The van der Waals surface area contributed by atoms with Crippen LogP contribution in [-0.2, 0) is 0 Å². The van der Waals surface area contributed by atoms with E-state index in [1.807, 2.05) is 24.3 Å². The van der Waals surface area contributed by atoms with Gasteiger partial charge in [-0.15, -0.1) is 0 Å². The zero-order valence-corrected chi connectivity index (χ0v) is 23.7. The number of fused-ring (bicyclic) bond motifs is 12. The first-order valence-electron chi connectivity index (χ1n) is 15.0. The predicted octanol–water partition coefficient (Wildman–Crippen LogP) is 12.3. The van der Waals surface area contributed by atoms with Gasteiger partial charge >= 0.3 is 0 Å². The van der Waals surface area contributed by atoms with Gasteiger partial charge in [0.2, 0.25) is 0 Å². The number of benzene rings is 8. The van der Waals surface area contributed by atoms with Crippen LogP contribution >= 0.6 is 0 Å². The highest BCUT2D eigenvalue weighted by molar-refractivity contribution is 6.26. The fourth-order valence-corrected chi connectivity index (χ4v) is 7.24. The maximum Gasteiger partial charge on any atom is 0.143 e. The normalized spacial score (nSPS) is 12.1. The van der Waals surface area contributed by atoms with Gasteiger partial charge in [0.25, 0.3) is 0 Å². The summed E-state index contributed by atoms with van der Waals surface area (Å²) in [6.45, 7) is 0. The average molecular weight is 561 g/mol. The van der Waals surface area contributed by atoms with Gasteiger partial charge in [0.1, 0.15) is 22.3 Å². The summed E-state index contributed by atoms with van der Waals surface area (Å²) in [5, 5.41) is 12.0. The smallest absolute Gasteiger partial charge is 0.143 e. The topological polar surface area (TPSA) is 26.3 Å². The van der Waals surface area contributed by atoms with Crippen LogP contribution in [0.4, 0.5) is 0 Å². The van der Waals surface area contributed by atoms with E-state index in [4.69, 9.17) is 8.83 Å². The van der Waals surface area contributed by atoms with Crippen LogP contribution in [0.25, 0.3) is 98.4 Å². The molecular formula is C42H24O2. The van der Waals surface area contributed by atoms with Gasteiger partial charge in [-0.1, -0.05) is 121 Å². The van der Waals surface area contributed by atoms with Crippen LogP contribution in [0.2, 0.25) is 0 Å². The molecule has 0 amide bonds. The average Bonchev–Trinajstić information content (AvgIpc) is 3.67. The van der Waals surface area contributed by atoms with Crippen molar-refractivity contribution in [2.75, 3.05) is 0 Å². The molecule has 2 heterocycles. The largest absolute Gasteiger partial charge is 0.455 e. The Balaban J connectivity index is 1.22. The highest BCUT2D eigenvalue weighted by Gasteiger charge is 2.16. The van der Waals surface area contributed by atoms with Crippen molar-refractivity contribution in [1.29, 1.82) is 0 Å². The van der Waals surface area contributed by atoms with Crippen molar-refractivity contribution in [3.8, 4) is 22.3 Å². The summed E-state index contributed by atoms with van der Waals surface area (Å²) in [6, 6.07) is 51.9. The first kappa shape index (κ1) is 23.7. The molecule has 2 aromatic heterocycles. The van der Waals surface area contributed by atoms with Crippen LogP contribution in [0.5, 0.6) is 0 Å². The van der Waals surface area contributed by atoms with Crippen molar-refractivity contribution in [3.63, 3.8) is 0 Å². The molecule has 2 nitrogen and oxygen atoms in total. The maximum atomic E-state index is 6.41. The first-order chi connectivity index (χ1) is 21.8. The summed E-state index contributed by atoms with van der Waals surface area (Å²) in [4.78, 5) is 0. The van der Waals surface area contributed by atoms with E-state index in [9.17, 15) is 0 Å². The van der Waals surface area contributed by atoms with Crippen molar-refractivity contribution >= 4 is 76.2 Å². The minimum atomic E-state index is 0.918. The second-order valence-corrected chi connectivity index (χ2v) is 11.6. The zero-order chi connectivity index (χ0) is 28.8. The van der Waals surface area contributed by atoms with Crippen molar-refractivity contribution < 1.29 is 8.83 Å². The van der Waals surface area contributed by atoms with Crippen LogP contribution in [0, 0.1) is 0 Å². The number of rotatable bonds is 2. The van der Waals surface area contributed by atoms with Crippen molar-refractivity contribution in [2.24, 2.45) is 0 Å². The Morgan fingerprint density at radius 2 is 0.659 bits per heavy atom. The van der Waals surface area contributed by atoms with E-state index in [1.165, 1.54) is 32.3 Å². The van der Waals surface area contributed by atoms with E-state index < -0.39 is 0 Å². The molecule has 0 atom stereocenters. The fourth-order valence-electron chi connectivity index (χ4n) is 7.24. The van der Waals surface area contributed by atoms with E-state index >= 15 is 0 Å². The molecule has 204 valence electrons. The SMILES string of the molecule is c1ccc2c(c1)oc1c(-c3ccc4c5ccc(-c6cccc7c6oc6ccccc67)cc5c5ccccc5c4c3)cccc12. The molecule has 0 aliphatic rings. The first-order valence-corrected chi connectivity index (χ1v) is 15.0. The molecule has 0 bridgehead atoms. The third kappa shape index (κ3) is 3.25. The second kappa shape index (κ2) is 8.82. The van der Waals surface area contributed by atoms with Crippen molar-refractivity contribution in [1.82, 2.24) is 0 Å². The number of para-hydroxylation sites is 4. The minimum absolute atomic E-state index is 0.918. The molecule has 10 aromatic rings. The Morgan fingerprint density at radius 3 is 1.14 bits per heavy atom. The van der Waals surface area contributed by atoms with Crippen LogP contribution < -0.4 is 0 Å².